The van der Waals surface area contributed by atoms with E-state index in [2.05, 4.69) is 19.2 Å². The van der Waals surface area contributed by atoms with Crippen molar-refractivity contribution in [3.05, 3.63) is 35.4 Å². The highest BCUT2D eigenvalue weighted by atomic mass is 16.4. The third-order valence-electron chi connectivity index (χ3n) is 4.08. The van der Waals surface area contributed by atoms with Crippen LogP contribution in [0.25, 0.3) is 0 Å². The molecule has 0 atom stereocenters. The first-order chi connectivity index (χ1) is 9.39. The van der Waals surface area contributed by atoms with E-state index in [0.29, 0.717) is 5.41 Å². The Morgan fingerprint density at radius 1 is 1.15 bits per heavy atom. The zero-order chi connectivity index (χ0) is 14.8. The minimum Gasteiger partial charge on any atom is -0.478 e. The lowest BCUT2D eigenvalue weighted by Crippen LogP contribution is -2.39. The minimum atomic E-state index is -1.07. The summed E-state index contributed by atoms with van der Waals surface area (Å²) in [6.45, 7) is 4.48. The molecule has 0 aromatic heterocycles. The molecule has 0 heterocycles. The topological polar surface area (TPSA) is 66.4 Å². The summed E-state index contributed by atoms with van der Waals surface area (Å²) in [6, 6.07) is 6.49. The number of amides is 1. The SMILES string of the molecule is CC1(C)CCC(NC(=O)c2ccccc2C(=O)O)CC1. The van der Waals surface area contributed by atoms with Crippen LogP contribution in [0.4, 0.5) is 0 Å². The number of aromatic carboxylic acids is 1. The monoisotopic (exact) mass is 275 g/mol. The quantitative estimate of drug-likeness (QED) is 0.890. The van der Waals surface area contributed by atoms with Gasteiger partial charge in [-0.1, -0.05) is 26.0 Å². The van der Waals surface area contributed by atoms with E-state index in [1.807, 2.05) is 0 Å². The maximum atomic E-state index is 12.2. The second kappa shape index (κ2) is 5.65. The first kappa shape index (κ1) is 14.6. The summed E-state index contributed by atoms with van der Waals surface area (Å²) >= 11 is 0. The molecule has 1 fully saturated rings. The fourth-order valence-electron chi connectivity index (χ4n) is 2.67. The van der Waals surface area contributed by atoms with Gasteiger partial charge in [-0.3, -0.25) is 4.79 Å². The maximum absolute atomic E-state index is 12.2. The molecular weight excluding hydrogens is 254 g/mol. The molecule has 1 amide bonds. The summed E-state index contributed by atoms with van der Waals surface area (Å²) in [7, 11) is 0. The number of hydrogen-bond acceptors (Lipinski definition) is 2. The summed E-state index contributed by atoms with van der Waals surface area (Å²) in [5, 5.41) is 12.1. The van der Waals surface area contributed by atoms with Gasteiger partial charge in [-0.25, -0.2) is 4.79 Å². The smallest absolute Gasteiger partial charge is 0.336 e. The second-order valence-corrected chi connectivity index (χ2v) is 6.26. The van der Waals surface area contributed by atoms with Crippen LogP contribution < -0.4 is 5.32 Å². The molecule has 1 aromatic rings. The first-order valence-corrected chi connectivity index (χ1v) is 7.02. The number of hydrogen-bond donors (Lipinski definition) is 2. The van der Waals surface area contributed by atoms with Crippen LogP contribution in [0.2, 0.25) is 0 Å². The molecular formula is C16H21NO3. The van der Waals surface area contributed by atoms with E-state index in [0.717, 1.165) is 25.7 Å². The zero-order valence-corrected chi connectivity index (χ0v) is 12.0. The molecule has 4 nitrogen and oxygen atoms in total. The standard InChI is InChI=1S/C16H21NO3/c1-16(2)9-7-11(8-10-16)17-14(18)12-5-3-4-6-13(12)15(19)20/h3-6,11H,7-10H2,1-2H3,(H,17,18)(H,19,20). The summed E-state index contributed by atoms with van der Waals surface area (Å²) in [5.41, 5.74) is 0.645. The van der Waals surface area contributed by atoms with Gasteiger partial charge in [-0.2, -0.15) is 0 Å². The predicted octanol–water partition coefficient (Wildman–Crippen LogP) is 3.08. The number of benzene rings is 1. The van der Waals surface area contributed by atoms with E-state index in [-0.39, 0.29) is 23.1 Å². The molecule has 0 unspecified atom stereocenters. The van der Waals surface area contributed by atoms with E-state index in [9.17, 15) is 9.59 Å². The van der Waals surface area contributed by atoms with Crippen molar-refractivity contribution in [3.8, 4) is 0 Å². The fraction of sp³-hybridized carbons (Fsp3) is 0.500. The molecule has 1 saturated carbocycles. The Balaban J connectivity index is 2.04. The first-order valence-electron chi connectivity index (χ1n) is 7.02. The fourth-order valence-corrected chi connectivity index (χ4v) is 2.67. The molecule has 0 saturated heterocycles. The Hall–Kier alpha value is -1.84. The number of carboxylic acid groups (broad SMARTS) is 1. The highest BCUT2D eigenvalue weighted by Crippen LogP contribution is 2.35. The Morgan fingerprint density at radius 2 is 1.70 bits per heavy atom. The van der Waals surface area contributed by atoms with Crippen LogP contribution in [-0.4, -0.2) is 23.0 Å². The van der Waals surface area contributed by atoms with Crippen molar-refractivity contribution in [1.82, 2.24) is 5.32 Å². The average Bonchev–Trinajstić information content (AvgIpc) is 2.41. The molecule has 2 N–H and O–H groups in total. The zero-order valence-electron chi connectivity index (χ0n) is 12.0. The van der Waals surface area contributed by atoms with Gasteiger partial charge in [0.15, 0.2) is 0 Å². The number of nitrogens with one attached hydrogen (secondary N) is 1. The molecule has 2 rings (SSSR count). The molecule has 1 aliphatic rings. The number of carbonyl (C=O) groups excluding carboxylic acids is 1. The number of carboxylic acids is 1. The van der Waals surface area contributed by atoms with E-state index in [1.165, 1.54) is 6.07 Å². The van der Waals surface area contributed by atoms with Crippen LogP contribution in [0.5, 0.6) is 0 Å². The van der Waals surface area contributed by atoms with Crippen molar-refractivity contribution in [2.45, 2.75) is 45.6 Å². The van der Waals surface area contributed by atoms with Gasteiger partial charge < -0.3 is 10.4 Å². The van der Waals surface area contributed by atoms with E-state index >= 15 is 0 Å². The van der Waals surface area contributed by atoms with Gasteiger partial charge in [0.05, 0.1) is 11.1 Å². The van der Waals surface area contributed by atoms with Crippen LogP contribution in [-0.2, 0) is 0 Å². The van der Waals surface area contributed by atoms with Gasteiger partial charge >= 0.3 is 5.97 Å². The lowest BCUT2D eigenvalue weighted by molar-refractivity contribution is 0.0690. The van der Waals surface area contributed by atoms with Crippen LogP contribution in [0.15, 0.2) is 24.3 Å². The molecule has 0 radical (unpaired) electrons. The Bertz CT molecular complexity index is 512. The molecule has 0 aliphatic heterocycles. The molecule has 1 aliphatic carbocycles. The molecule has 0 bridgehead atoms. The molecule has 0 spiro atoms. The summed E-state index contributed by atoms with van der Waals surface area (Å²) in [4.78, 5) is 23.3. The average molecular weight is 275 g/mol. The molecule has 4 heteroatoms. The van der Waals surface area contributed by atoms with E-state index < -0.39 is 5.97 Å². The van der Waals surface area contributed by atoms with E-state index in [1.54, 1.807) is 18.2 Å². The lowest BCUT2D eigenvalue weighted by Gasteiger charge is -2.34. The Morgan fingerprint density at radius 3 is 2.25 bits per heavy atom. The molecule has 20 heavy (non-hydrogen) atoms. The van der Waals surface area contributed by atoms with Crippen molar-refractivity contribution in [2.75, 3.05) is 0 Å². The van der Waals surface area contributed by atoms with Crippen molar-refractivity contribution in [2.24, 2.45) is 5.41 Å². The number of carbonyl (C=O) groups is 2. The Labute approximate surface area is 119 Å². The lowest BCUT2D eigenvalue weighted by atomic mass is 9.75. The van der Waals surface area contributed by atoms with Crippen molar-refractivity contribution >= 4 is 11.9 Å². The van der Waals surface area contributed by atoms with Crippen LogP contribution in [0.1, 0.15) is 60.2 Å². The minimum absolute atomic E-state index is 0.0566. The second-order valence-electron chi connectivity index (χ2n) is 6.26. The highest BCUT2D eigenvalue weighted by molar-refractivity contribution is 6.04. The largest absolute Gasteiger partial charge is 0.478 e. The van der Waals surface area contributed by atoms with Gasteiger partial charge in [0, 0.05) is 6.04 Å². The summed E-state index contributed by atoms with van der Waals surface area (Å²) < 4.78 is 0. The highest BCUT2D eigenvalue weighted by Gasteiger charge is 2.28. The van der Waals surface area contributed by atoms with Crippen LogP contribution in [0, 0.1) is 5.41 Å². The molecule has 1 aromatic carbocycles. The van der Waals surface area contributed by atoms with Gasteiger partial charge in [-0.15, -0.1) is 0 Å². The van der Waals surface area contributed by atoms with Crippen LogP contribution in [0.3, 0.4) is 0 Å². The Kier molecular flexibility index (Phi) is 4.12. The van der Waals surface area contributed by atoms with Crippen molar-refractivity contribution in [3.63, 3.8) is 0 Å². The molecule has 108 valence electrons. The van der Waals surface area contributed by atoms with E-state index in [4.69, 9.17) is 5.11 Å². The van der Waals surface area contributed by atoms with Gasteiger partial charge in [0.2, 0.25) is 0 Å². The third-order valence-corrected chi connectivity index (χ3v) is 4.08. The summed E-state index contributed by atoms with van der Waals surface area (Å²) in [5.74, 6) is -1.35. The van der Waals surface area contributed by atoms with Crippen molar-refractivity contribution < 1.29 is 14.7 Å². The normalized spacial score (nSPS) is 18.5. The van der Waals surface area contributed by atoms with Crippen LogP contribution >= 0.6 is 0 Å². The third kappa shape index (κ3) is 3.38. The summed E-state index contributed by atoms with van der Waals surface area (Å²) in [6.07, 6.45) is 4.07. The maximum Gasteiger partial charge on any atom is 0.336 e. The predicted molar refractivity (Wildman–Crippen MR) is 76.9 cm³/mol. The van der Waals surface area contributed by atoms with Gasteiger partial charge in [-0.05, 0) is 43.2 Å². The van der Waals surface area contributed by atoms with Gasteiger partial charge in [0.25, 0.3) is 5.91 Å². The van der Waals surface area contributed by atoms with Gasteiger partial charge in [0.1, 0.15) is 0 Å². The van der Waals surface area contributed by atoms with Crippen molar-refractivity contribution in [1.29, 1.82) is 0 Å². The number of rotatable bonds is 3.